The van der Waals surface area contributed by atoms with E-state index in [4.69, 9.17) is 11.5 Å². The molecule has 0 aliphatic carbocycles. The third kappa shape index (κ3) is 4.66. The van der Waals surface area contributed by atoms with Crippen molar-refractivity contribution >= 4 is 27.5 Å². The van der Waals surface area contributed by atoms with E-state index in [-0.39, 0.29) is 12.5 Å². The van der Waals surface area contributed by atoms with Gasteiger partial charge in [-0.3, -0.25) is 9.69 Å². The molecule has 0 radical (unpaired) electrons. The summed E-state index contributed by atoms with van der Waals surface area (Å²) in [7, 11) is 0. The van der Waals surface area contributed by atoms with Crippen molar-refractivity contribution in [2.45, 2.75) is 26.3 Å². The SMILES string of the molecule is CCCCN(CC(N)=O)Cc1cccc(N)c1Br. The van der Waals surface area contributed by atoms with Crippen LogP contribution in [0.15, 0.2) is 22.7 Å². The molecule has 0 bridgehead atoms. The van der Waals surface area contributed by atoms with E-state index in [1.807, 2.05) is 23.1 Å². The highest BCUT2D eigenvalue weighted by Gasteiger charge is 2.11. The van der Waals surface area contributed by atoms with E-state index >= 15 is 0 Å². The molecule has 1 rings (SSSR count). The molecule has 5 heteroatoms. The Hall–Kier alpha value is -1.07. The average molecular weight is 314 g/mol. The molecular formula is C13H20BrN3O. The number of unbranched alkanes of at least 4 members (excludes halogenated alkanes) is 1. The average Bonchev–Trinajstić information content (AvgIpc) is 2.31. The van der Waals surface area contributed by atoms with Crippen LogP contribution in [0, 0.1) is 0 Å². The summed E-state index contributed by atoms with van der Waals surface area (Å²) in [5, 5.41) is 0. The second-order valence-corrected chi connectivity index (χ2v) is 5.14. The molecular weight excluding hydrogens is 294 g/mol. The lowest BCUT2D eigenvalue weighted by atomic mass is 10.2. The van der Waals surface area contributed by atoms with Crippen molar-refractivity contribution in [2.24, 2.45) is 5.73 Å². The number of nitrogens with zero attached hydrogens (tertiary/aromatic N) is 1. The molecule has 0 aliphatic heterocycles. The van der Waals surface area contributed by atoms with Crippen molar-refractivity contribution < 1.29 is 4.79 Å². The number of nitrogen functional groups attached to an aromatic ring is 1. The standard InChI is InChI=1S/C13H20BrN3O/c1-2-3-7-17(9-12(16)18)8-10-5-4-6-11(15)13(10)14/h4-6H,2-3,7-9,15H2,1H3,(H2,16,18). The van der Waals surface area contributed by atoms with Gasteiger partial charge in [0.15, 0.2) is 0 Å². The summed E-state index contributed by atoms with van der Waals surface area (Å²) in [6.07, 6.45) is 2.14. The van der Waals surface area contributed by atoms with Gasteiger partial charge in [-0.2, -0.15) is 0 Å². The first-order valence-electron chi connectivity index (χ1n) is 6.08. The molecule has 1 aromatic rings. The van der Waals surface area contributed by atoms with Crippen LogP contribution < -0.4 is 11.5 Å². The van der Waals surface area contributed by atoms with Gasteiger partial charge in [-0.25, -0.2) is 0 Å². The minimum atomic E-state index is -0.300. The van der Waals surface area contributed by atoms with Crippen LogP contribution in [0.4, 0.5) is 5.69 Å². The molecule has 18 heavy (non-hydrogen) atoms. The van der Waals surface area contributed by atoms with Crippen LogP contribution in [-0.2, 0) is 11.3 Å². The van der Waals surface area contributed by atoms with Gasteiger partial charge < -0.3 is 11.5 Å². The molecule has 0 unspecified atom stereocenters. The van der Waals surface area contributed by atoms with Crippen LogP contribution in [0.1, 0.15) is 25.3 Å². The Labute approximate surface area is 116 Å². The highest BCUT2D eigenvalue weighted by molar-refractivity contribution is 9.10. The maximum atomic E-state index is 11.1. The van der Waals surface area contributed by atoms with E-state index in [0.29, 0.717) is 12.2 Å². The van der Waals surface area contributed by atoms with Gasteiger partial charge in [-0.05, 0) is 40.5 Å². The zero-order valence-corrected chi connectivity index (χ0v) is 12.2. The largest absolute Gasteiger partial charge is 0.398 e. The summed E-state index contributed by atoms with van der Waals surface area (Å²) >= 11 is 3.48. The van der Waals surface area contributed by atoms with Crippen molar-refractivity contribution in [1.82, 2.24) is 4.90 Å². The normalized spacial score (nSPS) is 10.8. The number of rotatable bonds is 7. The number of anilines is 1. The highest BCUT2D eigenvalue weighted by Crippen LogP contribution is 2.24. The number of carbonyl (C=O) groups excluding carboxylic acids is 1. The van der Waals surface area contributed by atoms with Crippen molar-refractivity contribution in [1.29, 1.82) is 0 Å². The number of hydrogen-bond acceptors (Lipinski definition) is 3. The van der Waals surface area contributed by atoms with Crippen LogP contribution >= 0.6 is 15.9 Å². The predicted octanol–water partition coefficient (Wildman–Crippen LogP) is 2.12. The van der Waals surface area contributed by atoms with E-state index in [0.717, 1.165) is 29.4 Å². The molecule has 0 saturated carbocycles. The fourth-order valence-corrected chi connectivity index (χ4v) is 2.17. The van der Waals surface area contributed by atoms with Crippen LogP contribution in [0.5, 0.6) is 0 Å². The molecule has 1 amide bonds. The summed E-state index contributed by atoms with van der Waals surface area (Å²) in [6.45, 7) is 3.94. The second kappa shape index (κ2) is 7.38. The molecule has 0 atom stereocenters. The second-order valence-electron chi connectivity index (χ2n) is 4.35. The number of hydrogen-bond donors (Lipinski definition) is 2. The summed E-state index contributed by atoms with van der Waals surface area (Å²) in [4.78, 5) is 13.1. The van der Waals surface area contributed by atoms with Crippen LogP contribution in [0.3, 0.4) is 0 Å². The van der Waals surface area contributed by atoms with Gasteiger partial charge in [-0.1, -0.05) is 25.5 Å². The Kier molecular flexibility index (Phi) is 6.15. The molecule has 0 fully saturated rings. The number of halogens is 1. The predicted molar refractivity (Wildman–Crippen MR) is 77.9 cm³/mol. The monoisotopic (exact) mass is 313 g/mol. The first kappa shape index (κ1) is 15.0. The van der Waals surface area contributed by atoms with E-state index in [9.17, 15) is 4.79 Å². The Morgan fingerprint density at radius 2 is 2.17 bits per heavy atom. The first-order chi connectivity index (χ1) is 8.54. The minimum absolute atomic E-state index is 0.279. The Morgan fingerprint density at radius 1 is 1.44 bits per heavy atom. The van der Waals surface area contributed by atoms with Gasteiger partial charge in [0, 0.05) is 16.7 Å². The fraction of sp³-hybridized carbons (Fsp3) is 0.462. The summed E-state index contributed by atoms with van der Waals surface area (Å²) in [5.74, 6) is -0.300. The molecule has 100 valence electrons. The maximum absolute atomic E-state index is 11.1. The molecule has 1 aromatic carbocycles. The van der Waals surface area contributed by atoms with Crippen molar-refractivity contribution in [3.8, 4) is 0 Å². The Morgan fingerprint density at radius 3 is 2.78 bits per heavy atom. The third-order valence-corrected chi connectivity index (χ3v) is 3.68. The van der Waals surface area contributed by atoms with Gasteiger partial charge in [0.2, 0.25) is 5.91 Å². The number of amides is 1. The van der Waals surface area contributed by atoms with Crippen LogP contribution in [0.2, 0.25) is 0 Å². The van der Waals surface area contributed by atoms with Gasteiger partial charge >= 0.3 is 0 Å². The van der Waals surface area contributed by atoms with E-state index in [2.05, 4.69) is 22.9 Å². The number of benzene rings is 1. The Balaban J connectivity index is 2.75. The van der Waals surface area contributed by atoms with Gasteiger partial charge in [0.25, 0.3) is 0 Å². The summed E-state index contributed by atoms with van der Waals surface area (Å²) in [6, 6.07) is 5.76. The quantitative estimate of drug-likeness (QED) is 0.757. The molecule has 4 nitrogen and oxygen atoms in total. The molecule has 0 spiro atoms. The van der Waals surface area contributed by atoms with Crippen LogP contribution in [0.25, 0.3) is 0 Å². The molecule has 0 aliphatic rings. The lowest BCUT2D eigenvalue weighted by Gasteiger charge is -2.21. The number of carbonyl (C=O) groups is 1. The van der Waals surface area contributed by atoms with E-state index in [1.54, 1.807) is 0 Å². The number of primary amides is 1. The summed E-state index contributed by atoms with van der Waals surface area (Å²) in [5.41, 5.74) is 12.9. The van der Waals surface area contributed by atoms with Crippen molar-refractivity contribution in [2.75, 3.05) is 18.8 Å². The van der Waals surface area contributed by atoms with Gasteiger partial charge in [0.05, 0.1) is 6.54 Å². The molecule has 0 saturated heterocycles. The smallest absolute Gasteiger partial charge is 0.231 e. The van der Waals surface area contributed by atoms with Gasteiger partial charge in [0.1, 0.15) is 0 Å². The van der Waals surface area contributed by atoms with Gasteiger partial charge in [-0.15, -0.1) is 0 Å². The van der Waals surface area contributed by atoms with Crippen molar-refractivity contribution in [3.63, 3.8) is 0 Å². The zero-order valence-electron chi connectivity index (χ0n) is 10.7. The van der Waals surface area contributed by atoms with E-state index in [1.165, 1.54) is 0 Å². The fourth-order valence-electron chi connectivity index (χ4n) is 1.78. The topological polar surface area (TPSA) is 72.3 Å². The van der Waals surface area contributed by atoms with Crippen molar-refractivity contribution in [3.05, 3.63) is 28.2 Å². The first-order valence-corrected chi connectivity index (χ1v) is 6.87. The minimum Gasteiger partial charge on any atom is -0.398 e. The highest BCUT2D eigenvalue weighted by atomic mass is 79.9. The molecule has 4 N–H and O–H groups in total. The summed E-state index contributed by atoms with van der Waals surface area (Å²) < 4.78 is 0.899. The lowest BCUT2D eigenvalue weighted by Crippen LogP contribution is -2.34. The third-order valence-electron chi connectivity index (χ3n) is 2.71. The molecule has 0 aromatic heterocycles. The van der Waals surface area contributed by atoms with E-state index < -0.39 is 0 Å². The Bertz CT molecular complexity index is 409. The maximum Gasteiger partial charge on any atom is 0.231 e. The van der Waals surface area contributed by atoms with Crippen LogP contribution in [-0.4, -0.2) is 23.9 Å². The zero-order chi connectivity index (χ0) is 13.5. The lowest BCUT2D eigenvalue weighted by molar-refractivity contribution is -0.119. The molecule has 0 heterocycles. The number of nitrogens with two attached hydrogens (primary N) is 2.